The van der Waals surface area contributed by atoms with Crippen LogP contribution >= 0.6 is 0 Å². The predicted molar refractivity (Wildman–Crippen MR) is 149 cm³/mol. The summed E-state index contributed by atoms with van der Waals surface area (Å²) >= 11 is 0. The van der Waals surface area contributed by atoms with Crippen molar-refractivity contribution in [1.82, 2.24) is 14.7 Å². The molecule has 1 aliphatic heterocycles. The van der Waals surface area contributed by atoms with Crippen LogP contribution in [0.25, 0.3) is 5.69 Å². The van der Waals surface area contributed by atoms with Crippen molar-refractivity contribution >= 4 is 5.91 Å². The molecule has 1 saturated heterocycles. The fourth-order valence-corrected chi connectivity index (χ4v) is 4.90. The molecule has 1 fully saturated rings. The van der Waals surface area contributed by atoms with Crippen LogP contribution in [0.3, 0.4) is 0 Å². The van der Waals surface area contributed by atoms with Crippen LogP contribution < -0.4 is 4.74 Å². The van der Waals surface area contributed by atoms with Crippen molar-refractivity contribution in [1.29, 1.82) is 0 Å². The Morgan fingerprint density at radius 2 is 1.85 bits per heavy atom. The zero-order valence-electron chi connectivity index (χ0n) is 22.7. The predicted octanol–water partition coefficient (Wildman–Crippen LogP) is 6.80. The molecule has 2 heterocycles. The van der Waals surface area contributed by atoms with Crippen LogP contribution in [0.2, 0.25) is 0 Å². The Labute approximate surface area is 229 Å². The zero-order valence-corrected chi connectivity index (χ0v) is 22.7. The number of aromatic nitrogens is 2. The second kappa shape index (κ2) is 11.8. The molecule has 1 atom stereocenters. The lowest BCUT2D eigenvalue weighted by Crippen LogP contribution is -2.37. The largest absolute Gasteiger partial charge is 0.439 e. The Hall–Kier alpha value is -3.97. The summed E-state index contributed by atoms with van der Waals surface area (Å²) in [6.45, 7) is 7.53. The molecule has 4 aromatic rings. The third-order valence-corrected chi connectivity index (χ3v) is 7.01. The maximum absolute atomic E-state index is 13.8. The second-order valence-corrected chi connectivity index (χ2v) is 10.1. The molecular formula is C32H34FN3O3. The van der Waals surface area contributed by atoms with E-state index in [4.69, 9.17) is 14.6 Å². The summed E-state index contributed by atoms with van der Waals surface area (Å²) in [5.74, 6) is 0.786. The van der Waals surface area contributed by atoms with Crippen LogP contribution in [0.5, 0.6) is 11.6 Å². The van der Waals surface area contributed by atoms with E-state index in [2.05, 4.69) is 0 Å². The van der Waals surface area contributed by atoms with E-state index in [0.717, 1.165) is 35.2 Å². The molecule has 7 heteroatoms. The molecule has 0 bridgehead atoms. The molecule has 1 aliphatic rings. The lowest BCUT2D eigenvalue weighted by atomic mass is 10.1. The SMILES string of the molecule is CCc1nn(-c2ccc(F)cc2)c(Oc2cccc(C)c2)c1CN(C[C@@H]1CCCO1)C(=O)c1ccc(C)cc1. The molecule has 0 saturated carbocycles. The summed E-state index contributed by atoms with van der Waals surface area (Å²) in [7, 11) is 0. The van der Waals surface area contributed by atoms with Crippen LogP contribution in [0.15, 0.2) is 72.8 Å². The highest BCUT2D eigenvalue weighted by Gasteiger charge is 2.28. The quantitative estimate of drug-likeness (QED) is 0.240. The van der Waals surface area contributed by atoms with E-state index >= 15 is 0 Å². The topological polar surface area (TPSA) is 56.6 Å². The van der Waals surface area contributed by atoms with Crippen molar-refractivity contribution in [3.8, 4) is 17.3 Å². The van der Waals surface area contributed by atoms with Crippen LogP contribution in [-0.4, -0.2) is 39.8 Å². The number of hydrogen-bond donors (Lipinski definition) is 0. The summed E-state index contributed by atoms with van der Waals surface area (Å²) in [4.78, 5) is 15.7. The van der Waals surface area contributed by atoms with Gasteiger partial charge < -0.3 is 14.4 Å². The van der Waals surface area contributed by atoms with E-state index in [-0.39, 0.29) is 17.8 Å². The summed E-state index contributed by atoms with van der Waals surface area (Å²) in [6, 6.07) is 21.6. The van der Waals surface area contributed by atoms with Gasteiger partial charge in [0.1, 0.15) is 11.6 Å². The lowest BCUT2D eigenvalue weighted by Gasteiger charge is -2.26. The van der Waals surface area contributed by atoms with Gasteiger partial charge in [-0.3, -0.25) is 4.79 Å². The van der Waals surface area contributed by atoms with Crippen molar-refractivity contribution in [2.24, 2.45) is 0 Å². The Kier molecular flexibility index (Phi) is 8.07. The molecule has 0 radical (unpaired) electrons. The number of aryl methyl sites for hydroxylation is 3. The van der Waals surface area contributed by atoms with Crippen molar-refractivity contribution in [3.05, 3.63) is 107 Å². The van der Waals surface area contributed by atoms with Crippen LogP contribution in [-0.2, 0) is 17.7 Å². The number of benzene rings is 3. The zero-order chi connectivity index (χ0) is 27.4. The third kappa shape index (κ3) is 6.20. The summed E-state index contributed by atoms with van der Waals surface area (Å²) in [6.07, 6.45) is 2.53. The van der Waals surface area contributed by atoms with Gasteiger partial charge in [0.15, 0.2) is 0 Å². The number of carbonyl (C=O) groups is 1. The number of nitrogens with zero attached hydrogens (tertiary/aromatic N) is 3. The van der Waals surface area contributed by atoms with Crippen molar-refractivity contribution < 1.29 is 18.7 Å². The van der Waals surface area contributed by atoms with Gasteiger partial charge in [0.25, 0.3) is 5.91 Å². The number of halogens is 1. The number of amides is 1. The van der Waals surface area contributed by atoms with E-state index in [1.165, 1.54) is 12.1 Å². The molecule has 1 amide bonds. The average Bonchev–Trinajstić information content (AvgIpc) is 3.57. The molecule has 0 spiro atoms. The lowest BCUT2D eigenvalue weighted by molar-refractivity contribution is 0.0505. The third-order valence-electron chi connectivity index (χ3n) is 7.01. The van der Waals surface area contributed by atoms with Gasteiger partial charge in [0, 0.05) is 18.7 Å². The van der Waals surface area contributed by atoms with Gasteiger partial charge in [0.2, 0.25) is 5.88 Å². The molecule has 0 N–H and O–H groups in total. The molecule has 0 unspecified atom stereocenters. The minimum atomic E-state index is -0.325. The van der Waals surface area contributed by atoms with Gasteiger partial charge in [0.05, 0.1) is 29.6 Å². The molecule has 202 valence electrons. The fraction of sp³-hybridized carbons (Fsp3) is 0.312. The monoisotopic (exact) mass is 527 g/mol. The summed E-state index contributed by atoms with van der Waals surface area (Å²) in [5, 5.41) is 4.88. The molecule has 1 aromatic heterocycles. The van der Waals surface area contributed by atoms with Gasteiger partial charge in [-0.25, -0.2) is 9.07 Å². The Balaban J connectivity index is 1.58. The van der Waals surface area contributed by atoms with Crippen LogP contribution in [0, 0.1) is 19.7 Å². The van der Waals surface area contributed by atoms with Gasteiger partial charge in [-0.15, -0.1) is 0 Å². The van der Waals surface area contributed by atoms with Gasteiger partial charge in [-0.2, -0.15) is 5.10 Å². The number of carbonyl (C=O) groups excluding carboxylic acids is 1. The van der Waals surface area contributed by atoms with E-state index in [0.29, 0.717) is 49.0 Å². The van der Waals surface area contributed by atoms with Gasteiger partial charge in [-0.05, 0) is 87.2 Å². The molecule has 0 aliphatic carbocycles. The second-order valence-electron chi connectivity index (χ2n) is 10.1. The summed E-state index contributed by atoms with van der Waals surface area (Å²) < 4.78 is 27.9. The maximum Gasteiger partial charge on any atom is 0.254 e. The smallest absolute Gasteiger partial charge is 0.254 e. The minimum absolute atomic E-state index is 0.0160. The highest BCUT2D eigenvalue weighted by Crippen LogP contribution is 2.33. The van der Waals surface area contributed by atoms with Crippen LogP contribution in [0.1, 0.15) is 52.5 Å². The highest BCUT2D eigenvalue weighted by atomic mass is 19.1. The molecule has 3 aromatic carbocycles. The Bertz CT molecular complexity index is 1420. The minimum Gasteiger partial charge on any atom is -0.439 e. The first-order chi connectivity index (χ1) is 18.9. The van der Waals surface area contributed by atoms with E-state index in [1.807, 2.05) is 74.2 Å². The van der Waals surface area contributed by atoms with E-state index in [1.54, 1.807) is 16.8 Å². The number of hydrogen-bond acceptors (Lipinski definition) is 4. The van der Waals surface area contributed by atoms with Gasteiger partial charge in [-0.1, -0.05) is 36.8 Å². The maximum atomic E-state index is 13.8. The van der Waals surface area contributed by atoms with Crippen molar-refractivity contribution in [2.75, 3.05) is 13.2 Å². The number of ether oxygens (including phenoxy) is 2. The normalized spacial score (nSPS) is 14.9. The van der Waals surface area contributed by atoms with Crippen LogP contribution in [0.4, 0.5) is 4.39 Å². The first kappa shape index (κ1) is 26.6. The fourth-order valence-electron chi connectivity index (χ4n) is 4.90. The highest BCUT2D eigenvalue weighted by molar-refractivity contribution is 5.94. The van der Waals surface area contributed by atoms with Gasteiger partial charge >= 0.3 is 0 Å². The van der Waals surface area contributed by atoms with Crippen molar-refractivity contribution in [3.63, 3.8) is 0 Å². The van der Waals surface area contributed by atoms with E-state index < -0.39 is 0 Å². The van der Waals surface area contributed by atoms with E-state index in [9.17, 15) is 9.18 Å². The Morgan fingerprint density at radius 3 is 2.51 bits per heavy atom. The molecule has 39 heavy (non-hydrogen) atoms. The molecule has 6 nitrogen and oxygen atoms in total. The molecular weight excluding hydrogens is 493 g/mol. The average molecular weight is 528 g/mol. The first-order valence-corrected chi connectivity index (χ1v) is 13.5. The molecule has 5 rings (SSSR count). The number of rotatable bonds is 9. The summed E-state index contributed by atoms with van der Waals surface area (Å²) in [5.41, 5.74) is 5.10. The first-order valence-electron chi connectivity index (χ1n) is 13.5. The Morgan fingerprint density at radius 1 is 1.08 bits per heavy atom. The standard InChI is InChI=1S/C32H34FN3O3/c1-4-30-29(21-35(20-28-9-6-18-38-28)31(37)24-12-10-22(2)11-13-24)32(39-27-8-5-7-23(3)19-27)36(34-30)26-16-14-25(33)15-17-26/h5,7-8,10-17,19,28H,4,6,9,18,20-21H2,1-3H3/t28-/m0/s1. The van der Waals surface area contributed by atoms with Crippen molar-refractivity contribution in [2.45, 2.75) is 52.7 Å².